The normalized spacial score (nSPS) is 21.3. The topological polar surface area (TPSA) is 67.2 Å². The molecule has 2 fully saturated rings. The average Bonchev–Trinajstić information content (AvgIpc) is 2.76. The molecular formula is C22H29N3O4. The largest absolute Gasteiger partial charge is 0.503 e. The first-order valence-corrected chi connectivity index (χ1v) is 10.2. The fourth-order valence-corrected chi connectivity index (χ4v) is 4.04. The number of pyridine rings is 1. The molecule has 1 aromatic carbocycles. The standard InChI is InChI=1S/C22H29N3O4/c1-23-18(14-24-7-10-28-11-8-24)13-20(26)22(27)19(23)15-25-9-12-29-21(16-25)17-5-3-2-4-6-17/h2-6,13,21,27H,7-12,14-16H2,1H3. The van der Waals surface area contributed by atoms with Gasteiger partial charge in [-0.25, -0.2) is 0 Å². The van der Waals surface area contributed by atoms with Gasteiger partial charge in [0.05, 0.1) is 31.6 Å². The van der Waals surface area contributed by atoms with E-state index in [0.29, 0.717) is 38.6 Å². The summed E-state index contributed by atoms with van der Waals surface area (Å²) in [5.41, 5.74) is 2.41. The predicted octanol–water partition coefficient (Wildman–Crippen LogP) is 1.50. The fraction of sp³-hybridized carbons (Fsp3) is 0.500. The quantitative estimate of drug-likeness (QED) is 0.822. The molecule has 2 aromatic rings. The molecule has 29 heavy (non-hydrogen) atoms. The highest BCUT2D eigenvalue weighted by molar-refractivity contribution is 5.30. The Morgan fingerprint density at radius 2 is 1.76 bits per heavy atom. The van der Waals surface area contributed by atoms with E-state index in [-0.39, 0.29) is 17.3 Å². The van der Waals surface area contributed by atoms with Crippen LogP contribution in [0.4, 0.5) is 0 Å². The van der Waals surface area contributed by atoms with Crippen molar-refractivity contribution in [3.05, 3.63) is 63.6 Å². The number of aromatic nitrogens is 1. The van der Waals surface area contributed by atoms with Gasteiger partial charge in [-0.3, -0.25) is 14.6 Å². The van der Waals surface area contributed by atoms with Crippen LogP contribution in [-0.2, 0) is 29.6 Å². The van der Waals surface area contributed by atoms with Crippen LogP contribution in [-0.4, -0.2) is 65.5 Å². The van der Waals surface area contributed by atoms with Gasteiger partial charge >= 0.3 is 0 Å². The second-order valence-electron chi connectivity index (χ2n) is 7.75. The van der Waals surface area contributed by atoms with Crippen LogP contribution in [0.1, 0.15) is 23.1 Å². The fourth-order valence-electron chi connectivity index (χ4n) is 4.04. The maximum atomic E-state index is 12.4. The van der Waals surface area contributed by atoms with Crippen LogP contribution in [0.25, 0.3) is 0 Å². The summed E-state index contributed by atoms with van der Waals surface area (Å²) >= 11 is 0. The molecule has 2 aliphatic rings. The molecule has 2 saturated heterocycles. The molecule has 7 nitrogen and oxygen atoms in total. The summed E-state index contributed by atoms with van der Waals surface area (Å²) < 4.78 is 13.3. The monoisotopic (exact) mass is 399 g/mol. The van der Waals surface area contributed by atoms with Crippen LogP contribution in [0.5, 0.6) is 5.75 Å². The van der Waals surface area contributed by atoms with E-state index >= 15 is 0 Å². The van der Waals surface area contributed by atoms with Gasteiger partial charge in [-0.05, 0) is 5.56 Å². The summed E-state index contributed by atoms with van der Waals surface area (Å²) in [6, 6.07) is 11.7. The number of nitrogens with zero attached hydrogens (tertiary/aromatic N) is 3. The van der Waals surface area contributed by atoms with E-state index in [9.17, 15) is 9.90 Å². The second-order valence-corrected chi connectivity index (χ2v) is 7.75. The van der Waals surface area contributed by atoms with Crippen molar-refractivity contribution in [2.24, 2.45) is 7.05 Å². The first-order chi connectivity index (χ1) is 14.1. The molecule has 1 unspecified atom stereocenters. The summed E-state index contributed by atoms with van der Waals surface area (Å²) in [5, 5.41) is 10.5. The van der Waals surface area contributed by atoms with Crippen molar-refractivity contribution in [2.45, 2.75) is 19.2 Å². The predicted molar refractivity (Wildman–Crippen MR) is 110 cm³/mol. The van der Waals surface area contributed by atoms with Gasteiger partial charge < -0.3 is 19.1 Å². The van der Waals surface area contributed by atoms with Crippen molar-refractivity contribution in [3.63, 3.8) is 0 Å². The first kappa shape index (κ1) is 20.1. The number of aromatic hydroxyl groups is 1. The van der Waals surface area contributed by atoms with E-state index in [0.717, 1.165) is 37.4 Å². The van der Waals surface area contributed by atoms with Crippen LogP contribution < -0.4 is 5.43 Å². The molecule has 0 saturated carbocycles. The van der Waals surface area contributed by atoms with Gasteiger partial charge in [0.25, 0.3) is 0 Å². The van der Waals surface area contributed by atoms with Gasteiger partial charge in [-0.1, -0.05) is 30.3 Å². The maximum Gasteiger partial charge on any atom is 0.223 e. The molecule has 0 bridgehead atoms. The summed E-state index contributed by atoms with van der Waals surface area (Å²) in [5.74, 6) is -0.152. The Kier molecular flexibility index (Phi) is 6.30. The average molecular weight is 399 g/mol. The Labute approximate surface area is 171 Å². The van der Waals surface area contributed by atoms with Crippen molar-refractivity contribution in [2.75, 3.05) is 46.0 Å². The van der Waals surface area contributed by atoms with Crippen LogP contribution in [0.3, 0.4) is 0 Å². The maximum absolute atomic E-state index is 12.4. The highest BCUT2D eigenvalue weighted by Gasteiger charge is 2.24. The SMILES string of the molecule is Cn1c(CN2CCOCC2)cc(=O)c(O)c1CN1CCOC(c2ccccc2)C1. The first-order valence-electron chi connectivity index (χ1n) is 10.2. The van der Waals surface area contributed by atoms with E-state index in [1.165, 1.54) is 0 Å². The van der Waals surface area contributed by atoms with Crippen molar-refractivity contribution >= 4 is 0 Å². The lowest BCUT2D eigenvalue weighted by Crippen LogP contribution is -2.39. The van der Waals surface area contributed by atoms with Gasteiger partial charge in [-0.2, -0.15) is 0 Å². The van der Waals surface area contributed by atoms with E-state index in [1.54, 1.807) is 6.07 Å². The molecule has 0 spiro atoms. The van der Waals surface area contributed by atoms with E-state index in [2.05, 4.69) is 21.9 Å². The van der Waals surface area contributed by atoms with E-state index < -0.39 is 0 Å². The van der Waals surface area contributed by atoms with Gasteiger partial charge in [-0.15, -0.1) is 0 Å². The number of benzene rings is 1. The van der Waals surface area contributed by atoms with Crippen molar-refractivity contribution in [1.82, 2.24) is 14.4 Å². The molecule has 0 radical (unpaired) electrons. The molecular weight excluding hydrogens is 370 g/mol. The Morgan fingerprint density at radius 1 is 1.03 bits per heavy atom. The summed E-state index contributed by atoms with van der Waals surface area (Å²) in [7, 11) is 1.93. The lowest BCUT2D eigenvalue weighted by Gasteiger charge is -2.34. The molecule has 7 heteroatoms. The van der Waals surface area contributed by atoms with Gasteiger partial charge in [0.15, 0.2) is 5.75 Å². The van der Waals surface area contributed by atoms with Crippen LogP contribution in [0, 0.1) is 0 Å². The van der Waals surface area contributed by atoms with Crippen LogP contribution in [0.15, 0.2) is 41.2 Å². The molecule has 4 rings (SSSR count). The Bertz CT molecular complexity index is 878. The number of morpholine rings is 2. The zero-order valence-corrected chi connectivity index (χ0v) is 16.9. The van der Waals surface area contributed by atoms with Gasteiger partial charge in [0.2, 0.25) is 5.43 Å². The Hall–Kier alpha value is -2.19. The molecule has 1 atom stereocenters. The number of rotatable bonds is 5. The van der Waals surface area contributed by atoms with Crippen LogP contribution in [0.2, 0.25) is 0 Å². The Balaban J connectivity index is 1.52. The highest BCUT2D eigenvalue weighted by atomic mass is 16.5. The third-order valence-corrected chi connectivity index (χ3v) is 5.82. The molecule has 0 amide bonds. The minimum atomic E-state index is -0.311. The lowest BCUT2D eigenvalue weighted by molar-refractivity contribution is -0.0338. The van der Waals surface area contributed by atoms with Crippen molar-refractivity contribution < 1.29 is 14.6 Å². The number of hydrogen-bond donors (Lipinski definition) is 1. The summed E-state index contributed by atoms with van der Waals surface area (Å²) in [6.07, 6.45) is 0.000605. The smallest absolute Gasteiger partial charge is 0.223 e. The zero-order chi connectivity index (χ0) is 20.2. The molecule has 2 aliphatic heterocycles. The second kappa shape index (κ2) is 9.09. The molecule has 0 aliphatic carbocycles. The minimum Gasteiger partial charge on any atom is -0.503 e. The number of hydrogen-bond acceptors (Lipinski definition) is 6. The third kappa shape index (κ3) is 4.70. The van der Waals surface area contributed by atoms with Crippen LogP contribution >= 0.6 is 0 Å². The summed E-state index contributed by atoms with van der Waals surface area (Å²) in [4.78, 5) is 17.0. The van der Waals surface area contributed by atoms with Crippen molar-refractivity contribution in [3.8, 4) is 5.75 Å². The Morgan fingerprint density at radius 3 is 2.52 bits per heavy atom. The number of ether oxygens (including phenoxy) is 2. The molecule has 3 heterocycles. The summed E-state index contributed by atoms with van der Waals surface area (Å²) in [6.45, 7) is 6.46. The molecule has 1 N–H and O–H groups in total. The van der Waals surface area contributed by atoms with Crippen molar-refractivity contribution in [1.29, 1.82) is 0 Å². The molecule has 156 valence electrons. The molecule has 1 aromatic heterocycles. The highest BCUT2D eigenvalue weighted by Crippen LogP contribution is 2.25. The van der Waals surface area contributed by atoms with Gasteiger partial charge in [0.1, 0.15) is 0 Å². The zero-order valence-electron chi connectivity index (χ0n) is 16.9. The minimum absolute atomic E-state index is 0.000605. The third-order valence-electron chi connectivity index (χ3n) is 5.82. The van der Waals surface area contributed by atoms with Gasteiger partial charge in [0, 0.05) is 58.1 Å². The van der Waals surface area contributed by atoms with E-state index in [4.69, 9.17) is 9.47 Å². The lowest BCUT2D eigenvalue weighted by atomic mass is 10.1. The van der Waals surface area contributed by atoms with E-state index in [1.807, 2.05) is 29.8 Å².